The van der Waals surface area contributed by atoms with Crippen LogP contribution in [0.2, 0.25) is 5.02 Å². The number of hydrogen-bond acceptors (Lipinski definition) is 3. The van der Waals surface area contributed by atoms with Gasteiger partial charge in [-0.15, -0.1) is 0 Å². The minimum absolute atomic E-state index is 0.0401. The molecule has 1 aliphatic rings. The third kappa shape index (κ3) is 4.44. The van der Waals surface area contributed by atoms with Gasteiger partial charge in [0, 0.05) is 29.7 Å². The average molecular weight is 311 g/mol. The Labute approximate surface area is 129 Å². The van der Waals surface area contributed by atoms with Crippen LogP contribution >= 0.6 is 11.6 Å². The summed E-state index contributed by atoms with van der Waals surface area (Å²) in [6, 6.07) is 6.76. The lowest BCUT2D eigenvalue weighted by Gasteiger charge is -2.36. The van der Waals surface area contributed by atoms with E-state index in [0.29, 0.717) is 23.1 Å². The lowest BCUT2D eigenvalue weighted by Crippen LogP contribution is -2.51. The van der Waals surface area contributed by atoms with Gasteiger partial charge in [0.2, 0.25) is 5.91 Å². The molecule has 1 fully saturated rings. The van der Waals surface area contributed by atoms with E-state index in [9.17, 15) is 9.59 Å². The van der Waals surface area contributed by atoms with E-state index in [1.165, 1.54) is 0 Å². The van der Waals surface area contributed by atoms with Gasteiger partial charge in [0.25, 0.3) is 5.91 Å². The quantitative estimate of drug-likeness (QED) is 0.839. The molecule has 2 amide bonds. The Morgan fingerprint density at radius 3 is 2.81 bits per heavy atom. The Hall–Kier alpha value is -1.59. The van der Waals surface area contributed by atoms with Crippen LogP contribution in [-0.2, 0) is 9.53 Å². The Kier molecular flexibility index (Phi) is 5.59. The van der Waals surface area contributed by atoms with Crippen LogP contribution < -0.4 is 10.6 Å². The fourth-order valence-corrected chi connectivity index (χ4v) is 2.51. The number of halogens is 1. The lowest BCUT2D eigenvalue weighted by molar-refractivity contribution is -0.122. The third-order valence-electron chi connectivity index (χ3n) is 3.64. The maximum absolute atomic E-state index is 11.9. The van der Waals surface area contributed by atoms with E-state index in [2.05, 4.69) is 10.6 Å². The van der Waals surface area contributed by atoms with Gasteiger partial charge >= 0.3 is 0 Å². The van der Waals surface area contributed by atoms with Gasteiger partial charge < -0.3 is 15.4 Å². The van der Waals surface area contributed by atoms with Crippen molar-refractivity contribution in [1.82, 2.24) is 10.6 Å². The maximum atomic E-state index is 11.9. The molecule has 114 valence electrons. The third-order valence-corrected chi connectivity index (χ3v) is 3.88. The molecule has 5 nitrogen and oxygen atoms in total. The van der Waals surface area contributed by atoms with Crippen LogP contribution in [0.3, 0.4) is 0 Å². The number of methoxy groups -OCH3 is 1. The standard InChI is InChI=1S/C15H19ClN2O3/c1-21-9-11-5-6-13(11)18-14(19)8-17-15(20)10-3-2-4-12(16)7-10/h2-4,7,11,13H,5-6,8-9H2,1H3,(H,17,20)(H,18,19)/t11-,13-/m1/s1. The molecule has 0 spiro atoms. The summed E-state index contributed by atoms with van der Waals surface area (Å²) in [5.41, 5.74) is 0.441. The van der Waals surface area contributed by atoms with Crippen LogP contribution in [0.4, 0.5) is 0 Å². The first-order chi connectivity index (χ1) is 10.1. The SMILES string of the molecule is COC[C@H]1CC[C@H]1NC(=O)CNC(=O)c1cccc(Cl)c1. The summed E-state index contributed by atoms with van der Waals surface area (Å²) in [4.78, 5) is 23.7. The molecule has 1 aromatic rings. The zero-order valence-corrected chi connectivity index (χ0v) is 12.7. The molecule has 6 heteroatoms. The highest BCUT2D eigenvalue weighted by molar-refractivity contribution is 6.30. The van der Waals surface area contributed by atoms with Crippen LogP contribution in [0.15, 0.2) is 24.3 Å². The largest absolute Gasteiger partial charge is 0.384 e. The molecule has 0 radical (unpaired) electrons. The highest BCUT2D eigenvalue weighted by Gasteiger charge is 2.31. The van der Waals surface area contributed by atoms with Gasteiger partial charge in [0.05, 0.1) is 13.2 Å². The molecule has 1 aromatic carbocycles. The van der Waals surface area contributed by atoms with E-state index < -0.39 is 0 Å². The van der Waals surface area contributed by atoms with Gasteiger partial charge in [0.1, 0.15) is 0 Å². The van der Waals surface area contributed by atoms with Gasteiger partial charge in [-0.3, -0.25) is 9.59 Å². The zero-order chi connectivity index (χ0) is 15.2. The van der Waals surface area contributed by atoms with E-state index in [4.69, 9.17) is 16.3 Å². The monoisotopic (exact) mass is 310 g/mol. The van der Waals surface area contributed by atoms with Crippen LogP contribution in [0.5, 0.6) is 0 Å². The van der Waals surface area contributed by atoms with E-state index in [1.807, 2.05) is 0 Å². The summed E-state index contributed by atoms with van der Waals surface area (Å²) in [5, 5.41) is 5.98. The van der Waals surface area contributed by atoms with Crippen molar-refractivity contribution < 1.29 is 14.3 Å². The Morgan fingerprint density at radius 1 is 1.38 bits per heavy atom. The first-order valence-electron chi connectivity index (χ1n) is 6.92. The molecule has 2 atom stereocenters. The Balaban J connectivity index is 1.75. The Bertz CT molecular complexity index is 521. The van der Waals surface area contributed by atoms with Gasteiger partial charge in [-0.05, 0) is 31.0 Å². The number of carbonyl (C=O) groups is 2. The molecule has 2 rings (SSSR count). The lowest BCUT2D eigenvalue weighted by atomic mass is 9.80. The second kappa shape index (κ2) is 7.43. The minimum Gasteiger partial charge on any atom is -0.384 e. The Morgan fingerprint density at radius 2 is 2.19 bits per heavy atom. The van der Waals surface area contributed by atoms with Crippen molar-refractivity contribution in [3.8, 4) is 0 Å². The molecule has 21 heavy (non-hydrogen) atoms. The van der Waals surface area contributed by atoms with Crippen molar-refractivity contribution >= 4 is 23.4 Å². The molecule has 1 saturated carbocycles. The zero-order valence-electron chi connectivity index (χ0n) is 11.9. The number of amides is 2. The summed E-state index contributed by atoms with van der Waals surface area (Å²) in [7, 11) is 1.66. The topological polar surface area (TPSA) is 67.4 Å². The molecule has 1 aliphatic carbocycles. The molecule has 0 aromatic heterocycles. The van der Waals surface area contributed by atoms with E-state index in [-0.39, 0.29) is 24.4 Å². The van der Waals surface area contributed by atoms with Crippen molar-refractivity contribution in [2.24, 2.45) is 5.92 Å². The molecule has 0 saturated heterocycles. The van der Waals surface area contributed by atoms with Gasteiger partial charge in [-0.25, -0.2) is 0 Å². The van der Waals surface area contributed by atoms with Crippen LogP contribution in [-0.4, -0.2) is 38.1 Å². The van der Waals surface area contributed by atoms with Crippen LogP contribution in [0.1, 0.15) is 23.2 Å². The molecule has 0 unspecified atom stereocenters. The molecule has 0 heterocycles. The summed E-state index contributed by atoms with van der Waals surface area (Å²) in [5.74, 6) is -0.117. The van der Waals surface area contributed by atoms with Crippen LogP contribution in [0, 0.1) is 5.92 Å². The highest BCUT2D eigenvalue weighted by Crippen LogP contribution is 2.27. The van der Waals surface area contributed by atoms with Crippen molar-refractivity contribution in [2.75, 3.05) is 20.3 Å². The van der Waals surface area contributed by atoms with E-state index in [0.717, 1.165) is 12.8 Å². The predicted octanol–water partition coefficient (Wildman–Crippen LogP) is 1.61. The number of rotatable bonds is 6. The number of hydrogen-bond donors (Lipinski definition) is 2. The molecule has 0 bridgehead atoms. The minimum atomic E-state index is -0.310. The molecular formula is C15H19ClN2O3. The van der Waals surface area contributed by atoms with Crippen molar-refractivity contribution in [3.63, 3.8) is 0 Å². The van der Waals surface area contributed by atoms with Crippen molar-refractivity contribution in [3.05, 3.63) is 34.9 Å². The number of ether oxygens (including phenoxy) is 1. The molecule has 0 aliphatic heterocycles. The molecular weight excluding hydrogens is 292 g/mol. The fourth-order valence-electron chi connectivity index (χ4n) is 2.32. The summed E-state index contributed by atoms with van der Waals surface area (Å²) >= 11 is 5.82. The molecule has 2 N–H and O–H groups in total. The van der Waals surface area contributed by atoms with Gasteiger partial charge in [-0.1, -0.05) is 17.7 Å². The van der Waals surface area contributed by atoms with E-state index in [1.54, 1.807) is 31.4 Å². The first kappa shape index (κ1) is 15.8. The second-order valence-electron chi connectivity index (χ2n) is 5.16. The number of benzene rings is 1. The average Bonchev–Trinajstić information content (AvgIpc) is 2.46. The summed E-state index contributed by atoms with van der Waals surface area (Å²) < 4.78 is 5.09. The number of carbonyl (C=O) groups excluding carboxylic acids is 2. The van der Waals surface area contributed by atoms with Crippen molar-refractivity contribution in [1.29, 1.82) is 0 Å². The first-order valence-corrected chi connectivity index (χ1v) is 7.30. The number of nitrogens with one attached hydrogen (secondary N) is 2. The van der Waals surface area contributed by atoms with Gasteiger partial charge in [0.15, 0.2) is 0 Å². The maximum Gasteiger partial charge on any atom is 0.251 e. The van der Waals surface area contributed by atoms with Gasteiger partial charge in [-0.2, -0.15) is 0 Å². The summed E-state index contributed by atoms with van der Waals surface area (Å²) in [6.45, 7) is 0.612. The fraction of sp³-hybridized carbons (Fsp3) is 0.467. The van der Waals surface area contributed by atoms with E-state index >= 15 is 0 Å². The second-order valence-corrected chi connectivity index (χ2v) is 5.60. The normalized spacial score (nSPS) is 20.5. The van der Waals surface area contributed by atoms with Crippen LogP contribution in [0.25, 0.3) is 0 Å². The predicted molar refractivity (Wildman–Crippen MR) is 80.3 cm³/mol. The highest BCUT2D eigenvalue weighted by atomic mass is 35.5. The summed E-state index contributed by atoms with van der Waals surface area (Å²) in [6.07, 6.45) is 2.02. The van der Waals surface area contributed by atoms with Crippen molar-refractivity contribution in [2.45, 2.75) is 18.9 Å². The smallest absolute Gasteiger partial charge is 0.251 e.